The van der Waals surface area contributed by atoms with Crippen LogP contribution in [0, 0.1) is 12.8 Å². The second kappa shape index (κ2) is 13.8. The number of anilines is 1. The van der Waals surface area contributed by atoms with Gasteiger partial charge in [-0.2, -0.15) is 0 Å². The fourth-order valence-corrected chi connectivity index (χ4v) is 5.81. The molecule has 0 radical (unpaired) electrons. The number of carbonyl (C=O) groups excluding carboxylic acids is 2. The molecule has 0 aliphatic carbocycles. The number of nitrogens with one attached hydrogen (secondary N) is 1. The van der Waals surface area contributed by atoms with E-state index in [1.165, 1.54) is 17.0 Å². The van der Waals surface area contributed by atoms with E-state index in [2.05, 4.69) is 21.2 Å². The van der Waals surface area contributed by atoms with Crippen molar-refractivity contribution in [1.29, 1.82) is 0 Å². The lowest BCUT2D eigenvalue weighted by molar-refractivity contribution is -0.138. The molecule has 1 atom stereocenters. The van der Waals surface area contributed by atoms with Gasteiger partial charge in [0.15, 0.2) is 0 Å². The zero-order valence-corrected chi connectivity index (χ0v) is 25.2. The topological polar surface area (TPSA) is 86.8 Å². The minimum Gasteiger partial charge on any atom is -0.354 e. The van der Waals surface area contributed by atoms with Crippen molar-refractivity contribution >= 4 is 43.5 Å². The molecule has 0 saturated heterocycles. The number of benzene rings is 3. The Labute approximate surface area is 240 Å². The van der Waals surface area contributed by atoms with Gasteiger partial charge in [0.1, 0.15) is 12.6 Å². The van der Waals surface area contributed by atoms with Crippen LogP contribution in [-0.2, 0) is 26.0 Å². The van der Waals surface area contributed by atoms with Crippen molar-refractivity contribution in [3.8, 4) is 0 Å². The maximum atomic E-state index is 13.9. The molecule has 0 aliphatic rings. The average molecular weight is 615 g/mol. The molecule has 0 unspecified atom stereocenters. The van der Waals surface area contributed by atoms with Crippen LogP contribution < -0.4 is 9.62 Å². The highest BCUT2D eigenvalue weighted by Gasteiger charge is 2.32. The van der Waals surface area contributed by atoms with Crippen LogP contribution in [0.1, 0.15) is 31.9 Å². The monoisotopic (exact) mass is 613 g/mol. The Hall–Kier alpha value is -3.17. The van der Waals surface area contributed by atoms with Gasteiger partial charge in [0.05, 0.1) is 10.6 Å². The molecule has 0 bridgehead atoms. The van der Waals surface area contributed by atoms with Gasteiger partial charge >= 0.3 is 0 Å². The highest BCUT2D eigenvalue weighted by atomic mass is 79.9. The number of rotatable bonds is 12. The summed E-state index contributed by atoms with van der Waals surface area (Å²) in [5, 5.41) is 2.90. The molecule has 9 heteroatoms. The molecule has 7 nitrogen and oxygen atoms in total. The fraction of sp³-hybridized carbons (Fsp3) is 0.333. The predicted molar refractivity (Wildman–Crippen MR) is 159 cm³/mol. The number of sulfonamides is 1. The summed E-state index contributed by atoms with van der Waals surface area (Å²) in [4.78, 5) is 28.4. The van der Waals surface area contributed by atoms with E-state index in [-0.39, 0.29) is 23.3 Å². The van der Waals surface area contributed by atoms with E-state index in [9.17, 15) is 18.0 Å². The number of hydrogen-bond donors (Lipinski definition) is 1. The lowest BCUT2D eigenvalue weighted by atomic mass is 10.1. The van der Waals surface area contributed by atoms with E-state index in [0.717, 1.165) is 15.4 Å². The van der Waals surface area contributed by atoms with Gasteiger partial charge in [-0.25, -0.2) is 8.42 Å². The molecular weight excluding hydrogens is 578 g/mol. The minimum absolute atomic E-state index is 0.0828. The maximum Gasteiger partial charge on any atom is 0.264 e. The van der Waals surface area contributed by atoms with Crippen LogP contribution in [0.4, 0.5) is 5.69 Å². The normalized spacial score (nSPS) is 12.2. The smallest absolute Gasteiger partial charge is 0.264 e. The minimum atomic E-state index is -4.09. The third kappa shape index (κ3) is 8.41. The third-order valence-corrected chi connectivity index (χ3v) is 8.60. The Morgan fingerprint density at radius 1 is 0.923 bits per heavy atom. The van der Waals surface area contributed by atoms with E-state index in [4.69, 9.17) is 0 Å². The predicted octanol–water partition coefficient (Wildman–Crippen LogP) is 5.18. The molecular formula is C30H36BrN3O4S. The summed E-state index contributed by atoms with van der Waals surface area (Å²) < 4.78 is 29.5. The van der Waals surface area contributed by atoms with Gasteiger partial charge in [-0.05, 0) is 62.1 Å². The molecule has 0 spiro atoms. The molecule has 3 aromatic carbocycles. The van der Waals surface area contributed by atoms with E-state index in [0.29, 0.717) is 23.1 Å². The number of aryl methyl sites for hydroxylation is 1. The highest BCUT2D eigenvalue weighted by Crippen LogP contribution is 2.27. The largest absolute Gasteiger partial charge is 0.354 e. The van der Waals surface area contributed by atoms with E-state index in [1.807, 2.05) is 51.1 Å². The summed E-state index contributed by atoms with van der Waals surface area (Å²) in [5.41, 5.74) is 2.28. The number of halogens is 1. The number of nitrogens with zero attached hydrogens (tertiary/aromatic N) is 2. The molecule has 39 heavy (non-hydrogen) atoms. The number of amides is 2. The van der Waals surface area contributed by atoms with Crippen molar-refractivity contribution in [3.63, 3.8) is 0 Å². The van der Waals surface area contributed by atoms with Crippen LogP contribution in [0.25, 0.3) is 0 Å². The number of carbonyl (C=O) groups is 2. The van der Waals surface area contributed by atoms with Gasteiger partial charge in [-0.3, -0.25) is 13.9 Å². The standard InChI is InChI=1S/C30H36BrN3O4S/c1-22(2)20-32-30(36)24(4)33(18-17-25-9-6-5-7-10-25)29(35)21-34(27-12-8-11-26(31)19-27)39(37,38)28-15-13-23(3)14-16-28/h5-16,19,22,24H,17-18,20-21H2,1-4H3,(H,32,36)/t24-/m0/s1. The quantitative estimate of drug-likeness (QED) is 0.305. The lowest BCUT2D eigenvalue weighted by Gasteiger charge is -2.32. The summed E-state index contributed by atoms with van der Waals surface area (Å²) in [6.07, 6.45) is 0.524. The molecule has 0 aromatic heterocycles. The second-order valence-corrected chi connectivity index (χ2v) is 12.7. The molecule has 208 valence electrons. The SMILES string of the molecule is Cc1ccc(S(=O)(=O)N(CC(=O)N(CCc2ccccc2)[C@@H](C)C(=O)NCC(C)C)c2cccc(Br)c2)cc1. The van der Waals surface area contributed by atoms with Crippen molar-refractivity contribution in [3.05, 3.63) is 94.5 Å². The first-order valence-corrected chi connectivity index (χ1v) is 15.2. The van der Waals surface area contributed by atoms with Crippen molar-refractivity contribution < 1.29 is 18.0 Å². The molecule has 0 saturated carbocycles. The summed E-state index contributed by atoms with van der Waals surface area (Å²) in [6.45, 7) is 7.83. The van der Waals surface area contributed by atoms with Crippen LogP contribution in [0.2, 0.25) is 0 Å². The van der Waals surface area contributed by atoms with Gasteiger partial charge in [-0.15, -0.1) is 0 Å². The van der Waals surface area contributed by atoms with Crippen LogP contribution in [0.15, 0.2) is 88.2 Å². The van der Waals surface area contributed by atoms with Crippen molar-refractivity contribution in [1.82, 2.24) is 10.2 Å². The first kappa shape index (κ1) is 30.4. The Kier molecular flexibility index (Phi) is 10.7. The molecule has 0 aliphatic heterocycles. The van der Waals surface area contributed by atoms with Gasteiger partial charge < -0.3 is 10.2 Å². The van der Waals surface area contributed by atoms with E-state index >= 15 is 0 Å². The summed E-state index contributed by atoms with van der Waals surface area (Å²) in [7, 11) is -4.09. The summed E-state index contributed by atoms with van der Waals surface area (Å²) in [6, 6.07) is 22.2. The van der Waals surface area contributed by atoms with Crippen molar-refractivity contribution in [2.24, 2.45) is 5.92 Å². The molecule has 0 fully saturated rings. The third-order valence-electron chi connectivity index (χ3n) is 6.32. The molecule has 0 heterocycles. The fourth-order valence-electron chi connectivity index (χ4n) is 4.02. The maximum absolute atomic E-state index is 13.9. The van der Waals surface area contributed by atoms with Gasteiger partial charge in [0.2, 0.25) is 11.8 Å². The van der Waals surface area contributed by atoms with Crippen molar-refractivity contribution in [2.45, 2.75) is 45.1 Å². The Morgan fingerprint density at radius 2 is 1.59 bits per heavy atom. The average Bonchev–Trinajstić information content (AvgIpc) is 2.91. The Balaban J connectivity index is 1.96. The summed E-state index contributed by atoms with van der Waals surface area (Å²) in [5.74, 6) is -0.490. The highest BCUT2D eigenvalue weighted by molar-refractivity contribution is 9.10. The van der Waals surface area contributed by atoms with Crippen LogP contribution in [0.3, 0.4) is 0 Å². The van der Waals surface area contributed by atoms with E-state index in [1.54, 1.807) is 43.3 Å². The van der Waals surface area contributed by atoms with Gasteiger partial charge in [0.25, 0.3) is 10.0 Å². The summed E-state index contributed by atoms with van der Waals surface area (Å²) >= 11 is 3.41. The molecule has 2 amide bonds. The first-order valence-electron chi connectivity index (χ1n) is 12.9. The van der Waals surface area contributed by atoms with Crippen LogP contribution in [0.5, 0.6) is 0 Å². The molecule has 3 aromatic rings. The second-order valence-electron chi connectivity index (χ2n) is 9.94. The Morgan fingerprint density at radius 3 is 2.21 bits per heavy atom. The van der Waals surface area contributed by atoms with Crippen molar-refractivity contribution in [2.75, 3.05) is 23.9 Å². The van der Waals surface area contributed by atoms with Crippen LogP contribution >= 0.6 is 15.9 Å². The number of hydrogen-bond acceptors (Lipinski definition) is 4. The van der Waals surface area contributed by atoms with E-state index < -0.39 is 28.5 Å². The molecule has 3 rings (SSSR count). The van der Waals surface area contributed by atoms with Gasteiger partial charge in [-0.1, -0.05) is 83.9 Å². The van der Waals surface area contributed by atoms with Crippen LogP contribution in [-0.4, -0.2) is 50.8 Å². The Bertz CT molecular complexity index is 1360. The van der Waals surface area contributed by atoms with Gasteiger partial charge in [0, 0.05) is 17.6 Å². The zero-order valence-electron chi connectivity index (χ0n) is 22.8. The zero-order chi connectivity index (χ0) is 28.6. The first-order chi connectivity index (χ1) is 18.5. The lowest BCUT2D eigenvalue weighted by Crippen LogP contribution is -2.52. The molecule has 1 N–H and O–H groups in total.